The SMILES string of the molecule is O=[N+]([O-])c1ccc(Nc2nc(NN=Cc3cc([N+](=O)[O-])ccc3O)nc(N3CCCC3)n2)cc1. The number of nitrogens with one attached hydrogen (secondary N) is 2. The molecular weight excluding hydrogens is 446 g/mol. The Kier molecular flexibility index (Phi) is 6.38. The van der Waals surface area contributed by atoms with E-state index in [0.717, 1.165) is 25.9 Å². The van der Waals surface area contributed by atoms with Gasteiger partial charge in [-0.15, -0.1) is 0 Å². The monoisotopic (exact) mass is 465 g/mol. The fraction of sp³-hybridized carbons (Fsp3) is 0.200. The zero-order valence-corrected chi connectivity index (χ0v) is 17.7. The van der Waals surface area contributed by atoms with Crippen molar-refractivity contribution in [2.45, 2.75) is 12.8 Å². The molecule has 4 rings (SSSR count). The molecule has 14 nitrogen and oxygen atoms in total. The molecule has 3 aromatic rings. The second-order valence-electron chi connectivity index (χ2n) is 7.28. The minimum absolute atomic E-state index is 0.0416. The second-order valence-corrected chi connectivity index (χ2v) is 7.28. The van der Waals surface area contributed by atoms with E-state index in [1.165, 1.54) is 48.7 Å². The summed E-state index contributed by atoms with van der Waals surface area (Å²) in [6.45, 7) is 1.57. The zero-order chi connectivity index (χ0) is 24.1. The summed E-state index contributed by atoms with van der Waals surface area (Å²) < 4.78 is 0. The van der Waals surface area contributed by atoms with Gasteiger partial charge in [-0.1, -0.05) is 0 Å². The number of phenols is 1. The van der Waals surface area contributed by atoms with Crippen LogP contribution in [0, 0.1) is 20.2 Å². The summed E-state index contributed by atoms with van der Waals surface area (Å²) in [4.78, 5) is 35.8. The van der Waals surface area contributed by atoms with Gasteiger partial charge in [0, 0.05) is 48.6 Å². The maximum atomic E-state index is 11.0. The number of benzene rings is 2. The van der Waals surface area contributed by atoms with Gasteiger partial charge in [0.05, 0.1) is 16.1 Å². The third-order valence-corrected chi connectivity index (χ3v) is 4.94. The van der Waals surface area contributed by atoms with E-state index in [1.807, 2.05) is 4.90 Å². The Balaban J connectivity index is 1.57. The van der Waals surface area contributed by atoms with Crippen molar-refractivity contribution in [2.75, 3.05) is 28.7 Å². The predicted octanol–water partition coefficient (Wildman–Crippen LogP) is 3.18. The van der Waals surface area contributed by atoms with Gasteiger partial charge in [-0.05, 0) is 31.0 Å². The lowest BCUT2D eigenvalue weighted by molar-refractivity contribution is -0.385. The second kappa shape index (κ2) is 9.72. The average molecular weight is 465 g/mol. The number of hydrogen-bond donors (Lipinski definition) is 3. The molecule has 0 radical (unpaired) electrons. The van der Waals surface area contributed by atoms with E-state index in [1.54, 1.807) is 0 Å². The number of hydrogen-bond acceptors (Lipinski definition) is 12. The molecule has 1 fully saturated rings. The summed E-state index contributed by atoms with van der Waals surface area (Å²) in [6.07, 6.45) is 3.22. The molecule has 3 N–H and O–H groups in total. The Labute approximate surface area is 192 Å². The Morgan fingerprint density at radius 2 is 1.59 bits per heavy atom. The van der Waals surface area contributed by atoms with Crippen molar-refractivity contribution in [3.8, 4) is 5.75 Å². The van der Waals surface area contributed by atoms with E-state index in [9.17, 15) is 25.3 Å². The summed E-state index contributed by atoms with van der Waals surface area (Å²) in [7, 11) is 0. The van der Waals surface area contributed by atoms with E-state index in [0.29, 0.717) is 11.6 Å². The van der Waals surface area contributed by atoms with Crippen molar-refractivity contribution in [3.63, 3.8) is 0 Å². The normalized spacial score (nSPS) is 13.2. The van der Waals surface area contributed by atoms with Gasteiger partial charge in [-0.2, -0.15) is 20.1 Å². The van der Waals surface area contributed by atoms with Gasteiger partial charge in [-0.25, -0.2) is 5.43 Å². The molecule has 2 aromatic carbocycles. The van der Waals surface area contributed by atoms with Crippen molar-refractivity contribution >= 4 is 41.1 Å². The minimum Gasteiger partial charge on any atom is -0.507 e. The number of anilines is 4. The molecule has 14 heteroatoms. The molecule has 0 spiro atoms. The van der Waals surface area contributed by atoms with Crippen LogP contribution in [-0.2, 0) is 0 Å². The first-order valence-electron chi connectivity index (χ1n) is 10.2. The van der Waals surface area contributed by atoms with E-state index >= 15 is 0 Å². The number of nitrogens with zero attached hydrogens (tertiary/aromatic N) is 7. The van der Waals surface area contributed by atoms with Crippen molar-refractivity contribution in [1.29, 1.82) is 0 Å². The number of nitro benzene ring substituents is 2. The molecule has 34 heavy (non-hydrogen) atoms. The lowest BCUT2D eigenvalue weighted by atomic mass is 10.2. The lowest BCUT2D eigenvalue weighted by Gasteiger charge is -2.16. The first-order chi connectivity index (χ1) is 16.4. The third-order valence-electron chi connectivity index (χ3n) is 4.94. The van der Waals surface area contributed by atoms with E-state index in [2.05, 4.69) is 30.8 Å². The van der Waals surface area contributed by atoms with Gasteiger partial charge in [-0.3, -0.25) is 20.2 Å². The Hall–Kier alpha value is -4.88. The Morgan fingerprint density at radius 3 is 2.26 bits per heavy atom. The van der Waals surface area contributed by atoms with Crippen LogP contribution in [0.3, 0.4) is 0 Å². The van der Waals surface area contributed by atoms with E-state index in [-0.39, 0.29) is 34.6 Å². The van der Waals surface area contributed by atoms with Crippen LogP contribution in [-0.4, -0.2) is 49.2 Å². The lowest BCUT2D eigenvalue weighted by Crippen LogP contribution is -2.21. The summed E-state index contributed by atoms with van der Waals surface area (Å²) >= 11 is 0. The minimum atomic E-state index is -0.575. The molecule has 0 saturated carbocycles. The number of hydrazone groups is 1. The summed E-state index contributed by atoms with van der Waals surface area (Å²) in [5, 5.41) is 38.7. The van der Waals surface area contributed by atoms with E-state index in [4.69, 9.17) is 0 Å². The van der Waals surface area contributed by atoms with Crippen LogP contribution in [0.1, 0.15) is 18.4 Å². The third kappa shape index (κ3) is 5.29. The highest BCUT2D eigenvalue weighted by atomic mass is 16.6. The van der Waals surface area contributed by atoms with E-state index < -0.39 is 9.85 Å². The first kappa shape index (κ1) is 22.3. The quantitative estimate of drug-likeness (QED) is 0.252. The smallest absolute Gasteiger partial charge is 0.270 e. The summed E-state index contributed by atoms with van der Waals surface area (Å²) in [6, 6.07) is 9.37. The molecule has 174 valence electrons. The van der Waals surface area contributed by atoms with Crippen molar-refractivity contribution in [1.82, 2.24) is 15.0 Å². The molecule has 1 aliphatic rings. The summed E-state index contributed by atoms with van der Waals surface area (Å²) in [5.41, 5.74) is 3.10. The largest absolute Gasteiger partial charge is 0.507 e. The van der Waals surface area contributed by atoms with Gasteiger partial charge in [0.25, 0.3) is 11.4 Å². The topological polar surface area (TPSA) is 185 Å². The zero-order valence-electron chi connectivity index (χ0n) is 17.7. The molecule has 0 unspecified atom stereocenters. The molecule has 0 aliphatic carbocycles. The van der Waals surface area contributed by atoms with Gasteiger partial charge >= 0.3 is 0 Å². The van der Waals surface area contributed by atoms with Gasteiger partial charge < -0.3 is 15.3 Å². The van der Waals surface area contributed by atoms with Crippen LogP contribution in [0.15, 0.2) is 47.6 Å². The van der Waals surface area contributed by atoms with Crippen LogP contribution < -0.4 is 15.6 Å². The number of phenolic OH excluding ortho intramolecular Hbond substituents is 1. The van der Waals surface area contributed by atoms with Crippen LogP contribution in [0.2, 0.25) is 0 Å². The fourth-order valence-corrected chi connectivity index (χ4v) is 3.24. The molecule has 2 heterocycles. The predicted molar refractivity (Wildman–Crippen MR) is 124 cm³/mol. The molecule has 0 bridgehead atoms. The van der Waals surface area contributed by atoms with Gasteiger partial charge in [0.15, 0.2) is 0 Å². The highest BCUT2D eigenvalue weighted by molar-refractivity contribution is 5.84. The molecule has 0 amide bonds. The molecular formula is C20H19N9O5. The van der Waals surface area contributed by atoms with Crippen LogP contribution in [0.25, 0.3) is 0 Å². The molecule has 1 aliphatic heterocycles. The standard InChI is InChI=1S/C20H19N9O5/c30-17-8-7-16(29(33)34)11-13(17)12-21-26-19-23-18(24-20(25-19)27-9-1-2-10-27)22-14-3-5-15(6-4-14)28(31)32/h3-8,11-12,30H,1-2,9-10H2,(H2,22,23,24,25,26). The highest BCUT2D eigenvalue weighted by Gasteiger charge is 2.18. The fourth-order valence-electron chi connectivity index (χ4n) is 3.24. The van der Waals surface area contributed by atoms with Gasteiger partial charge in [0.1, 0.15) is 5.75 Å². The molecule has 1 aromatic heterocycles. The maximum Gasteiger partial charge on any atom is 0.270 e. The molecule has 0 atom stereocenters. The molecule has 1 saturated heterocycles. The van der Waals surface area contributed by atoms with Crippen LogP contribution in [0.5, 0.6) is 5.75 Å². The number of non-ortho nitro benzene ring substituents is 2. The number of nitro groups is 2. The van der Waals surface area contributed by atoms with Crippen molar-refractivity contribution in [2.24, 2.45) is 5.10 Å². The number of rotatable bonds is 8. The van der Waals surface area contributed by atoms with Crippen molar-refractivity contribution < 1.29 is 15.0 Å². The Bertz CT molecular complexity index is 1240. The highest BCUT2D eigenvalue weighted by Crippen LogP contribution is 2.23. The van der Waals surface area contributed by atoms with Crippen molar-refractivity contribution in [3.05, 3.63) is 68.3 Å². The number of aromatic nitrogens is 3. The van der Waals surface area contributed by atoms with Gasteiger partial charge in [0.2, 0.25) is 17.8 Å². The van der Waals surface area contributed by atoms with Crippen LogP contribution in [0.4, 0.5) is 34.9 Å². The van der Waals surface area contributed by atoms with Crippen LogP contribution >= 0.6 is 0 Å². The summed E-state index contributed by atoms with van der Waals surface area (Å²) in [5.74, 6) is 0.544. The number of aromatic hydroxyl groups is 1. The first-order valence-corrected chi connectivity index (χ1v) is 10.2. The Morgan fingerprint density at radius 1 is 0.941 bits per heavy atom. The average Bonchev–Trinajstić information content (AvgIpc) is 3.35. The maximum absolute atomic E-state index is 11.0.